The second-order valence-corrected chi connectivity index (χ2v) is 7.15. The van der Waals surface area contributed by atoms with Crippen LogP contribution in [-0.2, 0) is 5.41 Å². The van der Waals surface area contributed by atoms with Crippen molar-refractivity contribution in [1.29, 1.82) is 0 Å². The Bertz CT molecular complexity index is 540. The van der Waals surface area contributed by atoms with E-state index in [1.165, 1.54) is 5.56 Å². The van der Waals surface area contributed by atoms with Gasteiger partial charge in [-0.1, -0.05) is 56.6 Å². The van der Waals surface area contributed by atoms with Gasteiger partial charge in [-0.15, -0.1) is 22.9 Å². The number of halogens is 2. The molecule has 1 aromatic carbocycles. The first-order chi connectivity index (χ1) is 8.95. The summed E-state index contributed by atoms with van der Waals surface area (Å²) in [7, 11) is 0. The second kappa shape index (κ2) is 5.87. The predicted octanol–water partition coefficient (Wildman–Crippen LogP) is 6.42. The lowest BCUT2D eigenvalue weighted by Crippen LogP contribution is -2.15. The van der Waals surface area contributed by atoms with Crippen molar-refractivity contribution in [2.45, 2.75) is 38.0 Å². The lowest BCUT2D eigenvalue weighted by molar-refractivity contribution is 0.506. The van der Waals surface area contributed by atoms with Crippen LogP contribution in [0.5, 0.6) is 0 Å². The molecule has 0 saturated heterocycles. The molecule has 0 fully saturated rings. The van der Waals surface area contributed by atoms with E-state index in [-0.39, 0.29) is 10.8 Å². The van der Waals surface area contributed by atoms with Gasteiger partial charge in [-0.3, -0.25) is 0 Å². The van der Waals surface area contributed by atoms with Gasteiger partial charge in [-0.25, -0.2) is 0 Å². The summed E-state index contributed by atoms with van der Waals surface area (Å²) in [5.41, 5.74) is 2.66. The molecule has 1 atom stereocenters. The van der Waals surface area contributed by atoms with Crippen molar-refractivity contribution in [2.75, 3.05) is 0 Å². The van der Waals surface area contributed by atoms with Gasteiger partial charge in [0, 0.05) is 4.88 Å². The molecule has 0 spiro atoms. The maximum atomic E-state index is 6.50. The van der Waals surface area contributed by atoms with Gasteiger partial charge >= 0.3 is 0 Å². The van der Waals surface area contributed by atoms with E-state index >= 15 is 0 Å². The maximum Gasteiger partial charge on any atom is 0.0942 e. The molecule has 0 radical (unpaired) electrons. The van der Waals surface area contributed by atoms with Crippen LogP contribution in [0.3, 0.4) is 0 Å². The third-order valence-corrected chi connectivity index (χ3v) is 5.77. The standard InChI is InChI=1S/C16H18Cl2S/c1-4-16(2,3)12-7-5-11(6-8-12)14(18)15-13(17)9-10-19-15/h5-10,14H,4H2,1-3H3. The monoisotopic (exact) mass is 312 g/mol. The average Bonchev–Trinajstić information content (AvgIpc) is 2.84. The van der Waals surface area contributed by atoms with E-state index in [1.807, 2.05) is 11.4 Å². The van der Waals surface area contributed by atoms with Crippen molar-refractivity contribution >= 4 is 34.5 Å². The fourth-order valence-corrected chi connectivity index (χ4v) is 3.59. The zero-order valence-electron chi connectivity index (χ0n) is 11.4. The van der Waals surface area contributed by atoms with E-state index in [0.29, 0.717) is 0 Å². The van der Waals surface area contributed by atoms with Crippen LogP contribution in [0, 0.1) is 0 Å². The first kappa shape index (κ1) is 14.9. The molecule has 0 nitrogen and oxygen atoms in total. The molecule has 0 aliphatic heterocycles. The fourth-order valence-electron chi connectivity index (χ4n) is 1.95. The maximum absolute atomic E-state index is 6.50. The molecule has 0 amide bonds. The number of hydrogen-bond acceptors (Lipinski definition) is 1. The number of alkyl halides is 1. The third kappa shape index (κ3) is 3.16. The van der Waals surface area contributed by atoms with Gasteiger partial charge in [0.15, 0.2) is 0 Å². The Hall–Kier alpha value is -0.500. The Morgan fingerprint density at radius 1 is 1.16 bits per heavy atom. The minimum atomic E-state index is -0.161. The molecule has 0 aliphatic rings. The second-order valence-electron chi connectivity index (χ2n) is 5.35. The van der Waals surface area contributed by atoms with Crippen LogP contribution >= 0.6 is 34.5 Å². The third-order valence-electron chi connectivity index (χ3n) is 3.74. The first-order valence-electron chi connectivity index (χ1n) is 6.43. The molecule has 1 unspecified atom stereocenters. The van der Waals surface area contributed by atoms with Crippen LogP contribution in [0.1, 0.15) is 48.6 Å². The molecule has 2 rings (SSSR count). The van der Waals surface area contributed by atoms with E-state index in [4.69, 9.17) is 23.2 Å². The highest BCUT2D eigenvalue weighted by atomic mass is 35.5. The van der Waals surface area contributed by atoms with Gasteiger partial charge in [-0.05, 0) is 34.4 Å². The summed E-state index contributed by atoms with van der Waals surface area (Å²) in [6, 6.07) is 10.5. The minimum absolute atomic E-state index is 0.161. The molecule has 0 bridgehead atoms. The number of hydrogen-bond donors (Lipinski definition) is 0. The Labute approximate surface area is 129 Å². The molecule has 0 aliphatic carbocycles. The summed E-state index contributed by atoms with van der Waals surface area (Å²) in [4.78, 5) is 1.02. The van der Waals surface area contributed by atoms with E-state index in [9.17, 15) is 0 Å². The summed E-state index contributed by atoms with van der Waals surface area (Å²) in [5, 5.41) is 2.57. The van der Waals surface area contributed by atoms with E-state index in [2.05, 4.69) is 45.0 Å². The topological polar surface area (TPSA) is 0 Å². The van der Waals surface area contributed by atoms with Crippen molar-refractivity contribution in [3.63, 3.8) is 0 Å². The first-order valence-corrected chi connectivity index (χ1v) is 8.12. The Morgan fingerprint density at radius 2 is 1.79 bits per heavy atom. The highest BCUT2D eigenvalue weighted by molar-refractivity contribution is 7.11. The van der Waals surface area contributed by atoms with E-state index in [0.717, 1.165) is 21.9 Å². The van der Waals surface area contributed by atoms with Crippen LogP contribution in [0.4, 0.5) is 0 Å². The summed E-state index contributed by atoms with van der Waals surface area (Å²) in [5.74, 6) is 0. The van der Waals surface area contributed by atoms with Crippen molar-refractivity contribution < 1.29 is 0 Å². The highest BCUT2D eigenvalue weighted by Crippen LogP contribution is 2.38. The molecule has 0 N–H and O–H groups in total. The Kier molecular flexibility index (Phi) is 4.60. The van der Waals surface area contributed by atoms with Gasteiger partial charge in [-0.2, -0.15) is 0 Å². The van der Waals surface area contributed by atoms with Crippen molar-refractivity contribution in [3.05, 3.63) is 56.7 Å². The molecule has 2 aromatic rings. The zero-order valence-corrected chi connectivity index (χ0v) is 13.7. The predicted molar refractivity (Wildman–Crippen MR) is 86.8 cm³/mol. The molecule has 1 heterocycles. The summed E-state index contributed by atoms with van der Waals surface area (Å²) >= 11 is 14.2. The van der Waals surface area contributed by atoms with Crippen LogP contribution in [-0.4, -0.2) is 0 Å². The minimum Gasteiger partial charge on any atom is -0.145 e. The van der Waals surface area contributed by atoms with Crippen LogP contribution in [0.2, 0.25) is 5.02 Å². The fraction of sp³-hybridized carbons (Fsp3) is 0.375. The van der Waals surface area contributed by atoms with Crippen molar-refractivity contribution in [2.24, 2.45) is 0 Å². The molecular weight excluding hydrogens is 295 g/mol. The van der Waals surface area contributed by atoms with Gasteiger partial charge < -0.3 is 0 Å². The SMILES string of the molecule is CCC(C)(C)c1ccc(C(Cl)c2sccc2Cl)cc1. The summed E-state index contributed by atoms with van der Waals surface area (Å²) < 4.78 is 0. The molecule has 19 heavy (non-hydrogen) atoms. The largest absolute Gasteiger partial charge is 0.145 e. The van der Waals surface area contributed by atoms with Gasteiger partial charge in [0.05, 0.1) is 10.4 Å². The Morgan fingerprint density at radius 3 is 2.26 bits per heavy atom. The highest BCUT2D eigenvalue weighted by Gasteiger charge is 2.20. The van der Waals surface area contributed by atoms with E-state index < -0.39 is 0 Å². The number of benzene rings is 1. The van der Waals surface area contributed by atoms with Crippen LogP contribution in [0.25, 0.3) is 0 Å². The zero-order chi connectivity index (χ0) is 14.0. The lowest BCUT2D eigenvalue weighted by atomic mass is 9.82. The normalized spacial score (nSPS) is 13.5. The van der Waals surface area contributed by atoms with Crippen molar-refractivity contribution in [3.8, 4) is 0 Å². The number of rotatable bonds is 4. The number of thiophene rings is 1. The van der Waals surface area contributed by atoms with Crippen LogP contribution in [0.15, 0.2) is 35.7 Å². The van der Waals surface area contributed by atoms with Gasteiger partial charge in [0.25, 0.3) is 0 Å². The van der Waals surface area contributed by atoms with E-state index in [1.54, 1.807) is 11.3 Å². The Balaban J connectivity index is 2.26. The lowest BCUT2D eigenvalue weighted by Gasteiger charge is -2.23. The molecule has 3 heteroatoms. The van der Waals surface area contributed by atoms with Gasteiger partial charge in [0.2, 0.25) is 0 Å². The molecular formula is C16H18Cl2S. The summed E-state index contributed by atoms with van der Waals surface area (Å²) in [6.45, 7) is 6.73. The van der Waals surface area contributed by atoms with Crippen LogP contribution < -0.4 is 0 Å². The van der Waals surface area contributed by atoms with Crippen molar-refractivity contribution in [1.82, 2.24) is 0 Å². The smallest absolute Gasteiger partial charge is 0.0942 e. The molecule has 1 aromatic heterocycles. The molecule has 0 saturated carbocycles. The summed E-state index contributed by atoms with van der Waals surface area (Å²) in [6.07, 6.45) is 1.12. The quantitative estimate of drug-likeness (QED) is 0.571. The molecule has 102 valence electrons. The van der Waals surface area contributed by atoms with Gasteiger partial charge in [0.1, 0.15) is 0 Å². The average molecular weight is 313 g/mol.